The summed E-state index contributed by atoms with van der Waals surface area (Å²) in [4.78, 5) is 17.2. The van der Waals surface area contributed by atoms with Crippen LogP contribution in [0.15, 0.2) is 30.5 Å². The molecule has 2 heterocycles. The smallest absolute Gasteiger partial charge is 0.410 e. The Morgan fingerprint density at radius 1 is 1.30 bits per heavy atom. The quantitative estimate of drug-likeness (QED) is 0.848. The molecule has 0 spiro atoms. The second-order valence-electron chi connectivity index (χ2n) is 6.89. The fourth-order valence-corrected chi connectivity index (χ4v) is 2.89. The molecule has 1 saturated heterocycles. The molecular formula is C17H23N3O3. The van der Waals surface area contributed by atoms with Crippen molar-refractivity contribution in [2.24, 2.45) is 0 Å². The third-order valence-electron chi connectivity index (χ3n) is 3.98. The van der Waals surface area contributed by atoms with Gasteiger partial charge in [-0.2, -0.15) is 5.06 Å². The second kappa shape index (κ2) is 5.86. The highest BCUT2D eigenvalue weighted by molar-refractivity contribution is 5.83. The van der Waals surface area contributed by atoms with Gasteiger partial charge in [0.15, 0.2) is 0 Å². The van der Waals surface area contributed by atoms with Crippen molar-refractivity contribution in [1.29, 1.82) is 0 Å². The van der Waals surface area contributed by atoms with Crippen molar-refractivity contribution in [3.63, 3.8) is 0 Å². The number of hydrogen-bond donors (Lipinski definition) is 2. The number of aromatic amines is 1. The number of fused-ring (bicyclic) bond motifs is 1. The zero-order chi connectivity index (χ0) is 16.6. The van der Waals surface area contributed by atoms with Crippen LogP contribution in [0, 0.1) is 0 Å². The average Bonchev–Trinajstić information content (AvgIpc) is 2.90. The topological polar surface area (TPSA) is 68.8 Å². The number of rotatable bonds is 1. The summed E-state index contributed by atoms with van der Waals surface area (Å²) in [5.41, 5.74) is 1.48. The first-order chi connectivity index (χ1) is 10.8. The summed E-state index contributed by atoms with van der Waals surface area (Å²) in [7, 11) is 0. The number of ether oxygens (including phenoxy) is 1. The second-order valence-corrected chi connectivity index (χ2v) is 6.89. The molecule has 6 heteroatoms. The lowest BCUT2D eigenvalue weighted by atomic mass is 10.0. The number of hydroxylamine groups is 2. The van der Waals surface area contributed by atoms with Crippen LogP contribution in [-0.2, 0) is 4.74 Å². The largest absolute Gasteiger partial charge is 0.444 e. The van der Waals surface area contributed by atoms with E-state index in [0.29, 0.717) is 19.6 Å². The predicted molar refractivity (Wildman–Crippen MR) is 87.3 cm³/mol. The molecule has 0 bridgehead atoms. The van der Waals surface area contributed by atoms with Crippen LogP contribution in [0.2, 0.25) is 0 Å². The van der Waals surface area contributed by atoms with E-state index in [2.05, 4.69) is 4.98 Å². The van der Waals surface area contributed by atoms with E-state index < -0.39 is 5.60 Å². The number of aromatic nitrogens is 1. The van der Waals surface area contributed by atoms with Gasteiger partial charge < -0.3 is 19.8 Å². The summed E-state index contributed by atoms with van der Waals surface area (Å²) in [5.74, 6) is 0. The molecule has 0 saturated carbocycles. The summed E-state index contributed by atoms with van der Waals surface area (Å²) in [5, 5.41) is 12.6. The molecule has 0 radical (unpaired) electrons. The van der Waals surface area contributed by atoms with Gasteiger partial charge in [-0.1, -0.05) is 18.2 Å². The minimum atomic E-state index is -0.524. The Morgan fingerprint density at radius 3 is 2.78 bits per heavy atom. The molecule has 1 atom stereocenters. The van der Waals surface area contributed by atoms with Gasteiger partial charge in [-0.05, 0) is 32.4 Å². The first-order valence-corrected chi connectivity index (χ1v) is 7.84. The van der Waals surface area contributed by atoms with Crippen molar-refractivity contribution in [3.8, 4) is 0 Å². The standard InChI is InChI=1S/C17H23N3O3/c1-17(2,3)23-16(21)19-8-9-20(22)15(11-19)13-10-18-14-7-5-4-6-12(13)14/h4-7,10,15,18,22H,8-9,11H2,1-3H3. The average molecular weight is 317 g/mol. The van der Waals surface area contributed by atoms with Gasteiger partial charge in [0.05, 0.1) is 6.04 Å². The Morgan fingerprint density at radius 2 is 2.04 bits per heavy atom. The molecule has 124 valence electrons. The Labute approximate surface area is 135 Å². The number of nitrogens with one attached hydrogen (secondary N) is 1. The van der Waals surface area contributed by atoms with Gasteiger partial charge in [-0.25, -0.2) is 4.79 Å². The van der Waals surface area contributed by atoms with Gasteiger partial charge in [0.2, 0.25) is 0 Å². The third kappa shape index (κ3) is 3.33. The molecule has 6 nitrogen and oxygen atoms in total. The summed E-state index contributed by atoms with van der Waals surface area (Å²) in [6, 6.07) is 7.67. The van der Waals surface area contributed by atoms with E-state index in [1.807, 2.05) is 51.2 Å². The minimum absolute atomic E-state index is 0.271. The van der Waals surface area contributed by atoms with E-state index in [4.69, 9.17) is 4.74 Å². The fraction of sp³-hybridized carbons (Fsp3) is 0.471. The van der Waals surface area contributed by atoms with Crippen LogP contribution in [-0.4, -0.2) is 51.5 Å². The van der Waals surface area contributed by atoms with Crippen LogP contribution >= 0.6 is 0 Å². The molecule has 1 amide bonds. The molecule has 1 aliphatic heterocycles. The summed E-state index contributed by atoms with van der Waals surface area (Å²) >= 11 is 0. The van der Waals surface area contributed by atoms with Crippen molar-refractivity contribution < 1.29 is 14.7 Å². The van der Waals surface area contributed by atoms with E-state index in [1.165, 1.54) is 5.06 Å². The van der Waals surface area contributed by atoms with E-state index in [9.17, 15) is 10.0 Å². The SMILES string of the molecule is CC(C)(C)OC(=O)N1CCN(O)C(c2c[nH]c3ccccc23)C1. The summed E-state index contributed by atoms with van der Waals surface area (Å²) in [6.07, 6.45) is 1.56. The summed E-state index contributed by atoms with van der Waals surface area (Å²) < 4.78 is 5.44. The molecule has 2 aromatic rings. The number of carbonyl (C=O) groups is 1. The van der Waals surface area contributed by atoms with Gasteiger partial charge in [0.25, 0.3) is 0 Å². The highest BCUT2D eigenvalue weighted by Crippen LogP contribution is 2.30. The van der Waals surface area contributed by atoms with Gasteiger partial charge in [-0.15, -0.1) is 0 Å². The van der Waals surface area contributed by atoms with Gasteiger partial charge in [-0.3, -0.25) is 0 Å². The molecule has 1 aliphatic rings. The molecule has 1 aromatic carbocycles. The van der Waals surface area contributed by atoms with Gasteiger partial charge in [0.1, 0.15) is 5.60 Å². The first kappa shape index (κ1) is 15.8. The van der Waals surface area contributed by atoms with Crippen molar-refractivity contribution >= 4 is 17.0 Å². The molecular weight excluding hydrogens is 294 g/mol. The van der Waals surface area contributed by atoms with E-state index in [1.54, 1.807) is 4.90 Å². The summed E-state index contributed by atoms with van der Waals surface area (Å²) in [6.45, 7) is 6.79. The normalized spacial score (nSPS) is 20.0. The van der Waals surface area contributed by atoms with Crippen LogP contribution in [0.5, 0.6) is 0 Å². The maximum atomic E-state index is 12.3. The molecule has 0 aliphatic carbocycles. The highest BCUT2D eigenvalue weighted by atomic mass is 16.6. The van der Waals surface area contributed by atoms with Crippen LogP contribution in [0.25, 0.3) is 10.9 Å². The first-order valence-electron chi connectivity index (χ1n) is 7.84. The lowest BCUT2D eigenvalue weighted by Crippen LogP contribution is -2.50. The molecule has 1 unspecified atom stereocenters. The Balaban J connectivity index is 1.83. The monoisotopic (exact) mass is 317 g/mol. The number of H-pyrrole nitrogens is 1. The Hall–Kier alpha value is -2.05. The van der Waals surface area contributed by atoms with Crippen molar-refractivity contribution in [1.82, 2.24) is 14.9 Å². The van der Waals surface area contributed by atoms with Crippen LogP contribution in [0.4, 0.5) is 4.79 Å². The lowest BCUT2D eigenvalue weighted by molar-refractivity contribution is -0.155. The van der Waals surface area contributed by atoms with E-state index in [0.717, 1.165) is 16.5 Å². The predicted octanol–water partition coefficient (Wildman–Crippen LogP) is 3.15. The van der Waals surface area contributed by atoms with Crippen molar-refractivity contribution in [3.05, 3.63) is 36.0 Å². The fourth-order valence-electron chi connectivity index (χ4n) is 2.89. The number of carbonyl (C=O) groups excluding carboxylic acids is 1. The van der Waals surface area contributed by atoms with E-state index in [-0.39, 0.29) is 12.1 Å². The van der Waals surface area contributed by atoms with Gasteiger partial charge in [0, 0.05) is 36.7 Å². The maximum absolute atomic E-state index is 12.3. The number of hydrogen-bond acceptors (Lipinski definition) is 4. The van der Waals surface area contributed by atoms with Gasteiger partial charge >= 0.3 is 6.09 Å². The molecule has 1 fully saturated rings. The lowest BCUT2D eigenvalue weighted by Gasteiger charge is -2.38. The van der Waals surface area contributed by atoms with Crippen molar-refractivity contribution in [2.45, 2.75) is 32.4 Å². The number of para-hydroxylation sites is 1. The third-order valence-corrected chi connectivity index (χ3v) is 3.98. The number of nitrogens with zero attached hydrogens (tertiary/aromatic N) is 2. The van der Waals surface area contributed by atoms with E-state index >= 15 is 0 Å². The molecule has 1 aromatic heterocycles. The zero-order valence-electron chi connectivity index (χ0n) is 13.7. The maximum Gasteiger partial charge on any atom is 0.410 e. The minimum Gasteiger partial charge on any atom is -0.444 e. The Bertz CT molecular complexity index is 704. The van der Waals surface area contributed by atoms with Crippen molar-refractivity contribution in [2.75, 3.05) is 19.6 Å². The Kier molecular flexibility index (Phi) is 4.04. The van der Waals surface area contributed by atoms with Crippen LogP contribution < -0.4 is 0 Å². The molecule has 23 heavy (non-hydrogen) atoms. The number of benzene rings is 1. The molecule has 2 N–H and O–H groups in total. The van der Waals surface area contributed by atoms with Crippen LogP contribution in [0.1, 0.15) is 32.4 Å². The molecule has 3 rings (SSSR count). The van der Waals surface area contributed by atoms with Crippen LogP contribution in [0.3, 0.4) is 0 Å². The zero-order valence-corrected chi connectivity index (χ0v) is 13.7. The highest BCUT2D eigenvalue weighted by Gasteiger charge is 2.33. The number of amides is 1. The number of piperazine rings is 1.